The summed E-state index contributed by atoms with van der Waals surface area (Å²) in [5.41, 5.74) is 0. The lowest BCUT2D eigenvalue weighted by Crippen LogP contribution is -2.37. The number of rotatable bonds is 0. The van der Waals surface area contributed by atoms with Crippen molar-refractivity contribution in [3.63, 3.8) is 0 Å². The second-order valence-electron chi connectivity index (χ2n) is 4.54. The van der Waals surface area contributed by atoms with Crippen molar-refractivity contribution in [2.24, 2.45) is 5.92 Å². The maximum atomic E-state index is 9.51. The first-order chi connectivity index (χ1) is 5.68. The molecule has 0 aromatic heterocycles. The van der Waals surface area contributed by atoms with Gasteiger partial charge in [-0.3, -0.25) is 0 Å². The monoisotopic (exact) mass is 169 g/mol. The van der Waals surface area contributed by atoms with Crippen molar-refractivity contribution in [2.75, 3.05) is 7.05 Å². The van der Waals surface area contributed by atoms with Crippen LogP contribution in [0.3, 0.4) is 0 Å². The molecule has 0 amide bonds. The summed E-state index contributed by atoms with van der Waals surface area (Å²) in [5.74, 6) is 0.772. The summed E-state index contributed by atoms with van der Waals surface area (Å²) >= 11 is 0. The zero-order valence-corrected chi connectivity index (χ0v) is 8.03. The average Bonchev–Trinajstić information content (AvgIpc) is 2.28. The van der Waals surface area contributed by atoms with Gasteiger partial charge in [0, 0.05) is 12.1 Å². The van der Waals surface area contributed by atoms with Gasteiger partial charge in [-0.25, -0.2) is 0 Å². The molecule has 1 N–H and O–H groups in total. The number of aliphatic hydroxyl groups is 1. The first-order valence-electron chi connectivity index (χ1n) is 5.08. The average molecular weight is 169 g/mol. The highest BCUT2D eigenvalue weighted by molar-refractivity contribution is 4.94. The van der Waals surface area contributed by atoms with Gasteiger partial charge < -0.3 is 10.0 Å². The second-order valence-corrected chi connectivity index (χ2v) is 4.54. The van der Waals surface area contributed by atoms with Gasteiger partial charge in [-0.05, 0) is 45.6 Å². The standard InChI is InChI=1S/C10H19NO/c1-7-5-8-6-9(12)3-4-10(8)11(7)2/h7-10,12H,3-6H2,1-2H3. The molecule has 12 heavy (non-hydrogen) atoms. The lowest BCUT2D eigenvalue weighted by Gasteiger charge is -2.32. The van der Waals surface area contributed by atoms with E-state index in [9.17, 15) is 5.11 Å². The molecule has 2 heteroatoms. The Hall–Kier alpha value is -0.0800. The molecule has 0 radical (unpaired) electrons. The van der Waals surface area contributed by atoms with Crippen molar-refractivity contribution < 1.29 is 5.11 Å². The van der Waals surface area contributed by atoms with Gasteiger partial charge in [0.25, 0.3) is 0 Å². The van der Waals surface area contributed by atoms with Crippen LogP contribution in [0.2, 0.25) is 0 Å². The molecule has 1 saturated heterocycles. The van der Waals surface area contributed by atoms with Crippen LogP contribution < -0.4 is 0 Å². The summed E-state index contributed by atoms with van der Waals surface area (Å²) in [7, 11) is 2.23. The van der Waals surface area contributed by atoms with Crippen LogP contribution in [0.5, 0.6) is 0 Å². The lowest BCUT2D eigenvalue weighted by molar-refractivity contribution is 0.0734. The fraction of sp³-hybridized carbons (Fsp3) is 1.00. The summed E-state index contributed by atoms with van der Waals surface area (Å²) in [6, 6.07) is 1.49. The summed E-state index contributed by atoms with van der Waals surface area (Å²) in [6.45, 7) is 2.30. The zero-order valence-electron chi connectivity index (χ0n) is 8.03. The SMILES string of the molecule is CC1CC2CC(O)CCC2N1C. The van der Waals surface area contributed by atoms with Gasteiger partial charge in [0.05, 0.1) is 6.10 Å². The number of aliphatic hydroxyl groups excluding tert-OH is 1. The fourth-order valence-corrected chi connectivity index (χ4v) is 2.94. The molecule has 0 bridgehead atoms. The fourth-order valence-electron chi connectivity index (χ4n) is 2.94. The molecule has 2 fully saturated rings. The Labute approximate surface area is 74.6 Å². The summed E-state index contributed by atoms with van der Waals surface area (Å²) in [6.07, 6.45) is 4.53. The van der Waals surface area contributed by atoms with Crippen LogP contribution in [0.15, 0.2) is 0 Å². The molecule has 0 aromatic carbocycles. The van der Waals surface area contributed by atoms with Gasteiger partial charge in [0.1, 0.15) is 0 Å². The van der Waals surface area contributed by atoms with Crippen molar-refractivity contribution >= 4 is 0 Å². The Balaban J connectivity index is 2.04. The summed E-state index contributed by atoms with van der Waals surface area (Å²) < 4.78 is 0. The van der Waals surface area contributed by atoms with E-state index >= 15 is 0 Å². The maximum absolute atomic E-state index is 9.51. The van der Waals surface area contributed by atoms with Crippen LogP contribution in [0.1, 0.15) is 32.6 Å². The van der Waals surface area contributed by atoms with E-state index in [-0.39, 0.29) is 6.10 Å². The van der Waals surface area contributed by atoms with E-state index in [1.807, 2.05) is 0 Å². The minimum atomic E-state index is -0.00931. The topological polar surface area (TPSA) is 23.5 Å². The number of hydrogen-bond acceptors (Lipinski definition) is 2. The van der Waals surface area contributed by atoms with Gasteiger partial charge in [0.2, 0.25) is 0 Å². The molecule has 70 valence electrons. The molecule has 4 atom stereocenters. The molecule has 0 aromatic rings. The summed E-state index contributed by atoms with van der Waals surface area (Å²) in [5, 5.41) is 9.51. The van der Waals surface area contributed by atoms with Crippen molar-refractivity contribution in [3.05, 3.63) is 0 Å². The Morgan fingerprint density at radius 1 is 1.25 bits per heavy atom. The number of hydrogen-bond donors (Lipinski definition) is 1. The van der Waals surface area contributed by atoms with Crippen LogP contribution in [0, 0.1) is 5.92 Å². The highest BCUT2D eigenvalue weighted by Crippen LogP contribution is 2.38. The number of fused-ring (bicyclic) bond motifs is 1. The summed E-state index contributed by atoms with van der Waals surface area (Å²) in [4.78, 5) is 2.50. The van der Waals surface area contributed by atoms with Crippen LogP contribution in [-0.4, -0.2) is 35.2 Å². The quantitative estimate of drug-likeness (QED) is 0.590. The predicted octanol–water partition coefficient (Wildman–Crippen LogP) is 1.24. The Morgan fingerprint density at radius 2 is 2.00 bits per heavy atom. The van der Waals surface area contributed by atoms with Crippen molar-refractivity contribution in [2.45, 2.75) is 50.8 Å². The minimum Gasteiger partial charge on any atom is -0.393 e. The second kappa shape index (κ2) is 3.00. The van der Waals surface area contributed by atoms with Gasteiger partial charge in [-0.1, -0.05) is 0 Å². The Bertz CT molecular complexity index is 169. The third-order valence-corrected chi connectivity index (χ3v) is 3.78. The highest BCUT2D eigenvalue weighted by atomic mass is 16.3. The Kier molecular flexibility index (Phi) is 2.13. The van der Waals surface area contributed by atoms with Crippen molar-refractivity contribution in [3.8, 4) is 0 Å². The molecule has 2 rings (SSSR count). The molecule has 1 aliphatic heterocycles. The normalized spacial score (nSPS) is 49.2. The molecule has 1 saturated carbocycles. The number of nitrogens with zero attached hydrogens (tertiary/aromatic N) is 1. The van der Waals surface area contributed by atoms with E-state index in [1.54, 1.807) is 0 Å². The smallest absolute Gasteiger partial charge is 0.0544 e. The van der Waals surface area contributed by atoms with Crippen LogP contribution in [0.4, 0.5) is 0 Å². The van der Waals surface area contributed by atoms with Crippen LogP contribution in [0.25, 0.3) is 0 Å². The van der Waals surface area contributed by atoms with Gasteiger partial charge in [-0.2, -0.15) is 0 Å². The third-order valence-electron chi connectivity index (χ3n) is 3.78. The highest BCUT2D eigenvalue weighted by Gasteiger charge is 2.39. The molecule has 1 aliphatic carbocycles. The first kappa shape index (κ1) is 8.52. The van der Waals surface area contributed by atoms with E-state index in [2.05, 4.69) is 18.9 Å². The van der Waals surface area contributed by atoms with E-state index < -0.39 is 0 Å². The largest absolute Gasteiger partial charge is 0.393 e. The van der Waals surface area contributed by atoms with Crippen LogP contribution >= 0.6 is 0 Å². The van der Waals surface area contributed by atoms with Crippen LogP contribution in [-0.2, 0) is 0 Å². The first-order valence-corrected chi connectivity index (χ1v) is 5.08. The van der Waals surface area contributed by atoms with Gasteiger partial charge in [0.15, 0.2) is 0 Å². The molecule has 1 heterocycles. The minimum absolute atomic E-state index is 0.00931. The Morgan fingerprint density at radius 3 is 2.75 bits per heavy atom. The van der Waals surface area contributed by atoms with Crippen molar-refractivity contribution in [1.82, 2.24) is 4.90 Å². The molecule has 4 unspecified atom stereocenters. The third kappa shape index (κ3) is 1.27. The van der Waals surface area contributed by atoms with E-state index in [0.29, 0.717) is 0 Å². The van der Waals surface area contributed by atoms with Gasteiger partial charge in [-0.15, -0.1) is 0 Å². The molecular weight excluding hydrogens is 150 g/mol. The van der Waals surface area contributed by atoms with Crippen molar-refractivity contribution in [1.29, 1.82) is 0 Å². The molecule has 0 spiro atoms. The van der Waals surface area contributed by atoms with E-state index in [0.717, 1.165) is 30.8 Å². The molecular formula is C10H19NO. The zero-order chi connectivity index (χ0) is 8.72. The van der Waals surface area contributed by atoms with Gasteiger partial charge >= 0.3 is 0 Å². The van der Waals surface area contributed by atoms with E-state index in [1.165, 1.54) is 12.8 Å². The maximum Gasteiger partial charge on any atom is 0.0544 e. The molecule has 2 nitrogen and oxygen atoms in total. The van der Waals surface area contributed by atoms with E-state index in [4.69, 9.17) is 0 Å². The number of likely N-dealkylation sites (tertiary alicyclic amines) is 1. The lowest BCUT2D eigenvalue weighted by atomic mass is 9.83. The predicted molar refractivity (Wildman–Crippen MR) is 49.0 cm³/mol. The molecule has 2 aliphatic rings.